The number of nitrogens with one attached hydrogen (secondary N) is 1. The molecule has 1 unspecified atom stereocenters. The van der Waals surface area contributed by atoms with Gasteiger partial charge in [-0.2, -0.15) is 0 Å². The van der Waals surface area contributed by atoms with Crippen LogP contribution in [0.2, 0.25) is 0 Å². The van der Waals surface area contributed by atoms with E-state index in [2.05, 4.69) is 17.6 Å². The first kappa shape index (κ1) is 11.6. The summed E-state index contributed by atoms with van der Waals surface area (Å²) in [6.45, 7) is 3.14. The average molecular weight is 184 g/mol. The van der Waals surface area contributed by atoms with E-state index in [1.54, 1.807) is 6.20 Å². The standard InChI is InChI=1S/C7H11NO2.C2H5N/c1-8-5-4-6-2-3-7(9)10-6;1-2-3/h4-6,8H,2-3H2,1H3;2H,1,3H2. The number of hydrogen-bond donors (Lipinski definition) is 2. The predicted octanol–water partition coefficient (Wildman–Crippen LogP) is 0.514. The number of esters is 1. The van der Waals surface area contributed by atoms with Crippen molar-refractivity contribution in [3.05, 3.63) is 25.1 Å². The normalized spacial score (nSPS) is 20.4. The number of carbonyl (C=O) groups excluding carboxylic acids is 1. The highest BCUT2D eigenvalue weighted by molar-refractivity contribution is 5.71. The second kappa shape index (κ2) is 7.21. The molecule has 0 aromatic heterocycles. The Morgan fingerprint density at radius 3 is 2.77 bits per heavy atom. The third kappa shape index (κ3) is 5.78. The van der Waals surface area contributed by atoms with Crippen molar-refractivity contribution in [2.45, 2.75) is 18.9 Å². The van der Waals surface area contributed by atoms with Crippen molar-refractivity contribution < 1.29 is 9.53 Å². The summed E-state index contributed by atoms with van der Waals surface area (Å²) in [4.78, 5) is 10.5. The molecule has 74 valence electrons. The van der Waals surface area contributed by atoms with Gasteiger partial charge in [-0.25, -0.2) is 0 Å². The lowest BCUT2D eigenvalue weighted by molar-refractivity contribution is -0.139. The van der Waals surface area contributed by atoms with E-state index in [-0.39, 0.29) is 12.1 Å². The molecule has 0 amide bonds. The number of nitrogens with two attached hydrogens (primary N) is 1. The molecule has 1 aliphatic rings. The molecule has 1 heterocycles. The monoisotopic (exact) mass is 184 g/mol. The van der Waals surface area contributed by atoms with Gasteiger partial charge in [-0.15, -0.1) is 0 Å². The van der Waals surface area contributed by atoms with Crippen LogP contribution in [0.1, 0.15) is 12.8 Å². The summed E-state index contributed by atoms with van der Waals surface area (Å²) in [5.74, 6) is -0.0919. The van der Waals surface area contributed by atoms with Gasteiger partial charge < -0.3 is 15.8 Å². The molecule has 0 aliphatic carbocycles. The first-order valence-corrected chi connectivity index (χ1v) is 4.10. The molecule has 1 aliphatic heterocycles. The second-order valence-electron chi connectivity index (χ2n) is 2.45. The maximum atomic E-state index is 10.5. The van der Waals surface area contributed by atoms with Crippen molar-refractivity contribution in [2.24, 2.45) is 5.73 Å². The Morgan fingerprint density at radius 1 is 1.77 bits per heavy atom. The van der Waals surface area contributed by atoms with Crippen molar-refractivity contribution in [3.63, 3.8) is 0 Å². The zero-order valence-electron chi connectivity index (χ0n) is 7.82. The molecule has 1 fully saturated rings. The Labute approximate surface area is 78.4 Å². The Morgan fingerprint density at radius 2 is 2.38 bits per heavy atom. The fourth-order valence-corrected chi connectivity index (χ4v) is 0.886. The number of hydrogen-bond acceptors (Lipinski definition) is 4. The van der Waals surface area contributed by atoms with Gasteiger partial charge in [0.25, 0.3) is 0 Å². The SMILES string of the molecule is C=CN.CNC=CC1CCC(=O)O1. The second-order valence-corrected chi connectivity index (χ2v) is 2.45. The zero-order chi connectivity index (χ0) is 10.1. The molecular formula is C9H16N2O2. The Bertz CT molecular complexity index is 190. The summed E-state index contributed by atoms with van der Waals surface area (Å²) >= 11 is 0. The topological polar surface area (TPSA) is 64.3 Å². The van der Waals surface area contributed by atoms with E-state index in [9.17, 15) is 4.79 Å². The van der Waals surface area contributed by atoms with Crippen LogP contribution in [0.25, 0.3) is 0 Å². The van der Waals surface area contributed by atoms with E-state index in [0.29, 0.717) is 6.42 Å². The van der Waals surface area contributed by atoms with E-state index >= 15 is 0 Å². The third-order valence-electron chi connectivity index (χ3n) is 1.39. The van der Waals surface area contributed by atoms with Gasteiger partial charge in [0.05, 0.1) is 0 Å². The molecule has 13 heavy (non-hydrogen) atoms. The smallest absolute Gasteiger partial charge is 0.306 e. The first-order valence-electron chi connectivity index (χ1n) is 4.10. The van der Waals surface area contributed by atoms with Crippen LogP contribution in [0, 0.1) is 0 Å². The minimum Gasteiger partial charge on any atom is -0.458 e. The molecule has 0 aromatic rings. The summed E-state index contributed by atoms with van der Waals surface area (Å²) < 4.78 is 4.90. The molecule has 0 bridgehead atoms. The van der Waals surface area contributed by atoms with E-state index < -0.39 is 0 Å². The molecule has 1 saturated heterocycles. The molecule has 4 nitrogen and oxygen atoms in total. The van der Waals surface area contributed by atoms with Gasteiger partial charge in [0.2, 0.25) is 0 Å². The van der Waals surface area contributed by atoms with Crippen molar-refractivity contribution >= 4 is 5.97 Å². The summed E-state index contributed by atoms with van der Waals surface area (Å²) in [7, 11) is 1.81. The van der Waals surface area contributed by atoms with Gasteiger partial charge in [-0.1, -0.05) is 6.58 Å². The molecule has 1 atom stereocenters. The summed E-state index contributed by atoms with van der Waals surface area (Å²) in [5, 5.41) is 2.84. The van der Waals surface area contributed by atoms with Gasteiger partial charge in [0.15, 0.2) is 0 Å². The highest BCUT2D eigenvalue weighted by Crippen LogP contribution is 2.13. The fourth-order valence-electron chi connectivity index (χ4n) is 0.886. The van der Waals surface area contributed by atoms with E-state index in [1.807, 2.05) is 13.1 Å². The lowest BCUT2D eigenvalue weighted by Crippen LogP contribution is -2.04. The number of ether oxygens (including phenoxy) is 1. The highest BCUT2D eigenvalue weighted by Gasteiger charge is 2.19. The van der Waals surface area contributed by atoms with Crippen molar-refractivity contribution in [1.29, 1.82) is 0 Å². The molecular weight excluding hydrogens is 168 g/mol. The minimum absolute atomic E-state index is 0.0000463. The predicted molar refractivity (Wildman–Crippen MR) is 51.7 cm³/mol. The van der Waals surface area contributed by atoms with Crippen LogP contribution in [-0.4, -0.2) is 19.1 Å². The molecule has 0 aromatic carbocycles. The third-order valence-corrected chi connectivity index (χ3v) is 1.39. The molecule has 0 radical (unpaired) electrons. The van der Waals surface area contributed by atoms with E-state index in [1.165, 1.54) is 6.20 Å². The Kier molecular flexibility index (Phi) is 6.41. The number of cyclic esters (lactones) is 1. The Hall–Kier alpha value is -1.45. The lowest BCUT2D eigenvalue weighted by Gasteiger charge is -2.00. The number of rotatable bonds is 2. The summed E-state index contributed by atoms with van der Waals surface area (Å²) in [6.07, 6.45) is 6.25. The summed E-state index contributed by atoms with van der Waals surface area (Å²) in [5.41, 5.74) is 4.61. The minimum atomic E-state index is -0.0919. The van der Waals surface area contributed by atoms with Gasteiger partial charge in [0, 0.05) is 13.5 Å². The van der Waals surface area contributed by atoms with Gasteiger partial charge >= 0.3 is 5.97 Å². The number of carbonyl (C=O) groups is 1. The molecule has 4 heteroatoms. The Balaban J connectivity index is 0.000000424. The van der Waals surface area contributed by atoms with Crippen LogP contribution < -0.4 is 11.1 Å². The fraction of sp³-hybridized carbons (Fsp3) is 0.444. The van der Waals surface area contributed by atoms with Gasteiger partial charge in [-0.05, 0) is 24.9 Å². The summed E-state index contributed by atoms with van der Waals surface area (Å²) in [6, 6.07) is 0. The van der Waals surface area contributed by atoms with Crippen molar-refractivity contribution in [2.75, 3.05) is 7.05 Å². The van der Waals surface area contributed by atoms with Crippen LogP contribution >= 0.6 is 0 Å². The van der Waals surface area contributed by atoms with Crippen LogP contribution in [0.4, 0.5) is 0 Å². The van der Waals surface area contributed by atoms with Crippen molar-refractivity contribution in [3.8, 4) is 0 Å². The lowest BCUT2D eigenvalue weighted by atomic mass is 10.2. The van der Waals surface area contributed by atoms with Crippen molar-refractivity contribution in [1.82, 2.24) is 5.32 Å². The zero-order valence-corrected chi connectivity index (χ0v) is 7.82. The molecule has 0 saturated carbocycles. The maximum Gasteiger partial charge on any atom is 0.306 e. The quantitative estimate of drug-likeness (QED) is 0.614. The van der Waals surface area contributed by atoms with Crippen LogP contribution in [0.3, 0.4) is 0 Å². The van der Waals surface area contributed by atoms with E-state index in [0.717, 1.165) is 6.42 Å². The van der Waals surface area contributed by atoms with Crippen LogP contribution in [0.15, 0.2) is 25.1 Å². The molecule has 1 rings (SSSR count). The van der Waals surface area contributed by atoms with E-state index in [4.69, 9.17) is 4.74 Å². The first-order chi connectivity index (χ1) is 6.24. The maximum absolute atomic E-state index is 10.5. The van der Waals surface area contributed by atoms with Gasteiger partial charge in [0.1, 0.15) is 6.10 Å². The largest absolute Gasteiger partial charge is 0.458 e. The van der Waals surface area contributed by atoms with Gasteiger partial charge in [-0.3, -0.25) is 4.79 Å². The molecule has 3 N–H and O–H groups in total. The highest BCUT2D eigenvalue weighted by atomic mass is 16.5. The molecule has 0 spiro atoms. The van der Waals surface area contributed by atoms with Crippen LogP contribution in [0.5, 0.6) is 0 Å². The average Bonchev–Trinajstić information content (AvgIpc) is 2.49. The van der Waals surface area contributed by atoms with Crippen LogP contribution in [-0.2, 0) is 9.53 Å².